The summed E-state index contributed by atoms with van der Waals surface area (Å²) < 4.78 is 16.5. The van der Waals surface area contributed by atoms with Crippen LogP contribution in [0.15, 0.2) is 47.4 Å². The minimum Gasteiger partial charge on any atom is -0.347 e. The predicted octanol–water partition coefficient (Wildman–Crippen LogP) is 1.53. The van der Waals surface area contributed by atoms with Gasteiger partial charge in [0.15, 0.2) is 5.82 Å². The van der Waals surface area contributed by atoms with E-state index in [1.807, 2.05) is 4.57 Å². The number of hydrogen-bond donors (Lipinski definition) is 1. The van der Waals surface area contributed by atoms with Crippen LogP contribution in [0, 0.1) is 5.82 Å². The predicted molar refractivity (Wildman–Crippen MR) is 96.7 cm³/mol. The molecule has 27 heavy (non-hydrogen) atoms. The number of fused-ring (bicyclic) bond motifs is 1. The Balaban J connectivity index is 1.53. The normalized spacial score (nSPS) is 16.0. The summed E-state index contributed by atoms with van der Waals surface area (Å²) >= 11 is 0. The van der Waals surface area contributed by atoms with Gasteiger partial charge in [-0.3, -0.25) is 9.59 Å². The number of pyridine rings is 1. The summed E-state index contributed by atoms with van der Waals surface area (Å²) in [5.41, 5.74) is 0.881. The molecule has 0 saturated carbocycles. The molecule has 0 radical (unpaired) electrons. The monoisotopic (exact) mass is 367 g/mol. The molecule has 0 saturated heterocycles. The van der Waals surface area contributed by atoms with E-state index in [0.29, 0.717) is 24.4 Å². The number of carbonyl (C=O) groups is 1. The molecule has 4 rings (SSSR count). The molecule has 138 valence electrons. The van der Waals surface area contributed by atoms with Gasteiger partial charge in [0.2, 0.25) is 0 Å². The van der Waals surface area contributed by atoms with E-state index >= 15 is 0 Å². The fourth-order valence-corrected chi connectivity index (χ4v) is 3.22. The van der Waals surface area contributed by atoms with Crippen molar-refractivity contribution in [2.75, 3.05) is 0 Å². The van der Waals surface area contributed by atoms with Crippen LogP contribution in [0.5, 0.6) is 0 Å². The highest BCUT2D eigenvalue weighted by Gasteiger charge is 2.25. The largest absolute Gasteiger partial charge is 0.347 e. The standard InChI is InChI=1S/C19H18FN5O2/c1-24-9-8-13(10-17(24)26)19(27)21-15-6-7-16-22-23-18(25(16)11-15)12-2-4-14(20)5-3-12/h2-5,8-10,15H,6-7,11H2,1H3,(H,21,27). The molecule has 3 heterocycles. The molecule has 1 aliphatic rings. The first-order chi connectivity index (χ1) is 13.0. The topological polar surface area (TPSA) is 81.8 Å². The highest BCUT2D eigenvalue weighted by Crippen LogP contribution is 2.23. The first-order valence-corrected chi connectivity index (χ1v) is 8.67. The van der Waals surface area contributed by atoms with Crippen molar-refractivity contribution in [2.24, 2.45) is 7.05 Å². The highest BCUT2D eigenvalue weighted by molar-refractivity contribution is 5.94. The van der Waals surface area contributed by atoms with Crippen molar-refractivity contribution < 1.29 is 9.18 Å². The summed E-state index contributed by atoms with van der Waals surface area (Å²) in [6, 6.07) is 8.93. The number of aromatic nitrogens is 4. The van der Waals surface area contributed by atoms with E-state index in [1.165, 1.54) is 22.8 Å². The lowest BCUT2D eigenvalue weighted by Gasteiger charge is -2.25. The first-order valence-electron chi connectivity index (χ1n) is 8.67. The smallest absolute Gasteiger partial charge is 0.251 e. The summed E-state index contributed by atoms with van der Waals surface area (Å²) in [6.45, 7) is 0.519. The summed E-state index contributed by atoms with van der Waals surface area (Å²) in [4.78, 5) is 24.2. The van der Waals surface area contributed by atoms with E-state index < -0.39 is 0 Å². The molecule has 1 N–H and O–H groups in total. The van der Waals surface area contributed by atoms with Crippen LogP contribution in [-0.4, -0.2) is 31.3 Å². The summed E-state index contributed by atoms with van der Waals surface area (Å²) in [6.07, 6.45) is 2.98. The summed E-state index contributed by atoms with van der Waals surface area (Å²) in [5, 5.41) is 11.4. The van der Waals surface area contributed by atoms with Crippen molar-refractivity contribution in [1.29, 1.82) is 0 Å². The second-order valence-corrected chi connectivity index (χ2v) is 6.63. The molecule has 1 atom stereocenters. The molecular formula is C19H18FN5O2. The Kier molecular flexibility index (Phi) is 4.31. The molecule has 0 bridgehead atoms. The Bertz CT molecular complexity index is 1050. The van der Waals surface area contributed by atoms with E-state index in [0.717, 1.165) is 17.8 Å². The Morgan fingerprint density at radius 2 is 2.00 bits per heavy atom. The quantitative estimate of drug-likeness (QED) is 0.761. The molecule has 1 unspecified atom stereocenters. The van der Waals surface area contributed by atoms with Crippen LogP contribution in [0.1, 0.15) is 22.6 Å². The van der Waals surface area contributed by atoms with Gasteiger partial charge in [0, 0.05) is 49.4 Å². The van der Waals surface area contributed by atoms with E-state index in [-0.39, 0.29) is 23.3 Å². The van der Waals surface area contributed by atoms with Gasteiger partial charge in [-0.15, -0.1) is 10.2 Å². The van der Waals surface area contributed by atoms with Crippen molar-refractivity contribution in [2.45, 2.75) is 25.4 Å². The van der Waals surface area contributed by atoms with Gasteiger partial charge in [-0.2, -0.15) is 0 Å². The van der Waals surface area contributed by atoms with Crippen LogP contribution in [0.25, 0.3) is 11.4 Å². The fraction of sp³-hybridized carbons (Fsp3) is 0.263. The van der Waals surface area contributed by atoms with Crippen molar-refractivity contribution in [1.82, 2.24) is 24.6 Å². The van der Waals surface area contributed by atoms with E-state index in [1.54, 1.807) is 31.4 Å². The van der Waals surface area contributed by atoms with Crippen LogP contribution in [-0.2, 0) is 20.0 Å². The van der Waals surface area contributed by atoms with Gasteiger partial charge in [-0.05, 0) is 36.8 Å². The van der Waals surface area contributed by atoms with Crippen LogP contribution in [0.2, 0.25) is 0 Å². The summed E-state index contributed by atoms with van der Waals surface area (Å²) in [5.74, 6) is 0.903. The zero-order valence-corrected chi connectivity index (χ0v) is 14.7. The fourth-order valence-electron chi connectivity index (χ4n) is 3.22. The molecule has 1 aliphatic heterocycles. The number of halogens is 1. The number of benzene rings is 1. The van der Waals surface area contributed by atoms with Crippen molar-refractivity contribution in [3.05, 3.63) is 70.2 Å². The van der Waals surface area contributed by atoms with Crippen LogP contribution in [0.4, 0.5) is 4.39 Å². The molecule has 0 fully saturated rings. The van der Waals surface area contributed by atoms with Crippen molar-refractivity contribution in [3.8, 4) is 11.4 Å². The summed E-state index contributed by atoms with van der Waals surface area (Å²) in [7, 11) is 1.63. The van der Waals surface area contributed by atoms with Gasteiger partial charge >= 0.3 is 0 Å². The average Bonchev–Trinajstić information content (AvgIpc) is 3.08. The lowest BCUT2D eigenvalue weighted by atomic mass is 10.1. The van der Waals surface area contributed by atoms with Crippen LogP contribution < -0.4 is 10.9 Å². The second-order valence-electron chi connectivity index (χ2n) is 6.63. The second kappa shape index (κ2) is 6.79. The van der Waals surface area contributed by atoms with Gasteiger partial charge < -0.3 is 14.5 Å². The molecular weight excluding hydrogens is 349 g/mol. The Hall–Kier alpha value is -3.29. The zero-order valence-electron chi connectivity index (χ0n) is 14.7. The Morgan fingerprint density at radius 1 is 1.22 bits per heavy atom. The molecule has 0 aliphatic carbocycles. The number of nitrogens with one attached hydrogen (secondary N) is 1. The van der Waals surface area contributed by atoms with Gasteiger partial charge in [-0.25, -0.2) is 4.39 Å². The molecule has 8 heteroatoms. The third-order valence-electron chi connectivity index (χ3n) is 4.75. The number of aryl methyl sites for hydroxylation is 2. The van der Waals surface area contributed by atoms with Crippen molar-refractivity contribution in [3.63, 3.8) is 0 Å². The Labute approximate surface area is 154 Å². The maximum atomic E-state index is 13.2. The number of hydrogen-bond acceptors (Lipinski definition) is 4. The van der Waals surface area contributed by atoms with Crippen LogP contribution >= 0.6 is 0 Å². The maximum Gasteiger partial charge on any atom is 0.251 e. The first kappa shape index (κ1) is 17.1. The number of carbonyl (C=O) groups excluding carboxylic acids is 1. The third kappa shape index (κ3) is 3.38. The molecule has 1 amide bonds. The van der Waals surface area contributed by atoms with Gasteiger partial charge in [0.25, 0.3) is 11.5 Å². The van der Waals surface area contributed by atoms with E-state index in [4.69, 9.17) is 0 Å². The molecule has 3 aromatic rings. The molecule has 1 aromatic carbocycles. The van der Waals surface area contributed by atoms with Gasteiger partial charge in [0.05, 0.1) is 0 Å². The van der Waals surface area contributed by atoms with E-state index in [2.05, 4.69) is 15.5 Å². The SMILES string of the molecule is Cn1ccc(C(=O)NC2CCc3nnc(-c4ccc(F)cc4)n3C2)cc1=O. The molecule has 0 spiro atoms. The number of rotatable bonds is 3. The lowest BCUT2D eigenvalue weighted by Crippen LogP contribution is -2.41. The van der Waals surface area contributed by atoms with Crippen LogP contribution in [0.3, 0.4) is 0 Å². The molecule has 7 nitrogen and oxygen atoms in total. The van der Waals surface area contributed by atoms with Gasteiger partial charge in [0.1, 0.15) is 11.6 Å². The minimum absolute atomic E-state index is 0.107. The van der Waals surface area contributed by atoms with Crippen molar-refractivity contribution >= 4 is 5.91 Å². The average molecular weight is 367 g/mol. The number of nitrogens with zero attached hydrogens (tertiary/aromatic N) is 4. The maximum absolute atomic E-state index is 13.2. The Morgan fingerprint density at radius 3 is 2.74 bits per heavy atom. The number of amides is 1. The minimum atomic E-state index is -0.309. The highest BCUT2D eigenvalue weighted by atomic mass is 19.1. The molecule has 2 aromatic heterocycles. The zero-order chi connectivity index (χ0) is 19.0. The lowest BCUT2D eigenvalue weighted by molar-refractivity contribution is 0.0927. The third-order valence-corrected chi connectivity index (χ3v) is 4.75. The van der Waals surface area contributed by atoms with E-state index in [9.17, 15) is 14.0 Å². The van der Waals surface area contributed by atoms with Gasteiger partial charge in [-0.1, -0.05) is 0 Å².